The molecule has 9 N–H and O–H groups in total. The van der Waals surface area contributed by atoms with E-state index in [2.05, 4.69) is 153 Å². The van der Waals surface area contributed by atoms with Gasteiger partial charge in [0.2, 0.25) is 5.91 Å². The zero-order chi connectivity index (χ0) is 61.6. The number of carbonyl (C=O) groups is 1. The molecular formula is C71H115NO13. The van der Waals surface area contributed by atoms with Gasteiger partial charge in [-0.05, 0) is 109 Å². The number of hydrogen-bond donors (Lipinski definition) is 9. The maximum Gasteiger partial charge on any atom is 0.220 e. The second kappa shape index (κ2) is 54.1. The predicted molar refractivity (Wildman–Crippen MR) is 345 cm³/mol. The fourth-order valence-electron chi connectivity index (χ4n) is 9.54. The van der Waals surface area contributed by atoms with Crippen LogP contribution < -0.4 is 5.32 Å². The van der Waals surface area contributed by atoms with Crippen LogP contribution in [0.25, 0.3) is 0 Å². The summed E-state index contributed by atoms with van der Waals surface area (Å²) in [6.07, 6.45) is 64.8. The average molecular weight is 1190 g/mol. The molecule has 2 heterocycles. The molecule has 0 bridgehead atoms. The van der Waals surface area contributed by atoms with Gasteiger partial charge in [-0.3, -0.25) is 4.79 Å². The molecule has 0 aromatic heterocycles. The maximum atomic E-state index is 13.3. The Balaban J connectivity index is 1.62. The summed E-state index contributed by atoms with van der Waals surface area (Å²) in [5.41, 5.74) is 0. The van der Waals surface area contributed by atoms with Gasteiger partial charge in [0.05, 0.1) is 32.0 Å². The van der Waals surface area contributed by atoms with Crippen molar-refractivity contribution in [2.75, 3.05) is 19.8 Å². The van der Waals surface area contributed by atoms with Crippen molar-refractivity contribution < 1.29 is 64.6 Å². The second-order valence-corrected chi connectivity index (χ2v) is 22.1. The Kier molecular flexibility index (Phi) is 48.9. The molecule has 2 aliphatic heterocycles. The smallest absolute Gasteiger partial charge is 0.220 e. The van der Waals surface area contributed by atoms with Crippen LogP contribution in [0.1, 0.15) is 200 Å². The van der Waals surface area contributed by atoms with Crippen LogP contribution in [0.5, 0.6) is 0 Å². The third-order valence-corrected chi connectivity index (χ3v) is 14.7. The number of ether oxygens (including phenoxy) is 4. The van der Waals surface area contributed by atoms with Gasteiger partial charge < -0.3 is 65.1 Å². The summed E-state index contributed by atoms with van der Waals surface area (Å²) >= 11 is 0. The molecule has 2 aliphatic rings. The van der Waals surface area contributed by atoms with E-state index in [0.29, 0.717) is 12.8 Å². The molecule has 14 heteroatoms. The first kappa shape index (κ1) is 77.0. The van der Waals surface area contributed by atoms with E-state index in [1.807, 2.05) is 6.08 Å². The molecule has 0 aliphatic carbocycles. The van der Waals surface area contributed by atoms with Gasteiger partial charge in [0.25, 0.3) is 0 Å². The summed E-state index contributed by atoms with van der Waals surface area (Å²) in [4.78, 5) is 13.3. The van der Waals surface area contributed by atoms with Gasteiger partial charge in [-0.2, -0.15) is 0 Å². The van der Waals surface area contributed by atoms with Crippen LogP contribution in [0.15, 0.2) is 146 Å². The van der Waals surface area contributed by atoms with Gasteiger partial charge in [-0.25, -0.2) is 0 Å². The van der Waals surface area contributed by atoms with Crippen LogP contribution in [0.4, 0.5) is 0 Å². The molecule has 0 spiro atoms. The van der Waals surface area contributed by atoms with E-state index >= 15 is 0 Å². The summed E-state index contributed by atoms with van der Waals surface area (Å²) in [5.74, 6) is -0.265. The van der Waals surface area contributed by atoms with Gasteiger partial charge in [-0.1, -0.05) is 230 Å². The van der Waals surface area contributed by atoms with Gasteiger partial charge in [0.1, 0.15) is 48.8 Å². The van der Waals surface area contributed by atoms with E-state index in [1.165, 1.54) is 57.8 Å². The molecular weight excluding hydrogens is 1070 g/mol. The molecule has 12 atom stereocenters. The quantitative estimate of drug-likeness (QED) is 0.0204. The number of rotatable bonds is 50. The molecule has 0 aromatic rings. The fourth-order valence-corrected chi connectivity index (χ4v) is 9.54. The number of aliphatic hydroxyl groups is 8. The number of nitrogens with one attached hydrogen (secondary N) is 1. The lowest BCUT2D eigenvalue weighted by Gasteiger charge is -2.46. The Morgan fingerprint density at radius 3 is 1.29 bits per heavy atom. The standard InChI is InChI=1S/C71H115NO13/c1-3-5-7-9-11-13-15-17-18-19-20-21-22-23-24-25-26-27-28-29-30-31-32-33-34-35-36-37-38-39-40-41-42-43-45-47-49-51-53-55-63(76)72-59(60(75)54-52-50-48-46-44-16-14-12-10-8-6-4-2)58-82-70-68(81)66(79)69(62(57-74)84-70)85-71-67(80)65(78)64(77)61(56-73)83-71/h5,7,10-13,17-18,20-21,23-24,26-27,29-30,32-33,35-36,44,46,52,54,59-62,64-71,73-75,77-81H,3-4,6,8-9,14-16,19,22,25,28,31,34,37-43,45,47-51,53,55-58H2,1-2H3,(H,72,76)/b7-5-,12-10+,13-11-,18-17-,21-20-,24-23-,27-26-,30-29-,33-32-,36-35-,46-44+,54-52+. The van der Waals surface area contributed by atoms with Crippen molar-refractivity contribution in [2.24, 2.45) is 0 Å². The van der Waals surface area contributed by atoms with Crippen molar-refractivity contribution in [3.8, 4) is 0 Å². The first-order chi connectivity index (χ1) is 41.6. The highest BCUT2D eigenvalue weighted by Crippen LogP contribution is 2.30. The third-order valence-electron chi connectivity index (χ3n) is 14.7. The molecule has 0 radical (unpaired) electrons. The first-order valence-electron chi connectivity index (χ1n) is 32.6. The molecule has 482 valence electrons. The second-order valence-electron chi connectivity index (χ2n) is 22.1. The molecule has 12 unspecified atom stereocenters. The molecule has 0 saturated carbocycles. The lowest BCUT2D eigenvalue weighted by molar-refractivity contribution is -0.359. The number of amides is 1. The van der Waals surface area contributed by atoms with E-state index in [1.54, 1.807) is 6.08 Å². The summed E-state index contributed by atoms with van der Waals surface area (Å²) in [6, 6.07) is -0.948. The first-order valence-corrected chi connectivity index (χ1v) is 32.6. The van der Waals surface area contributed by atoms with Crippen molar-refractivity contribution in [1.82, 2.24) is 5.32 Å². The van der Waals surface area contributed by atoms with Gasteiger partial charge >= 0.3 is 0 Å². The lowest BCUT2D eigenvalue weighted by atomic mass is 9.97. The minimum Gasteiger partial charge on any atom is -0.394 e. The highest BCUT2D eigenvalue weighted by Gasteiger charge is 2.51. The third kappa shape index (κ3) is 38.7. The van der Waals surface area contributed by atoms with E-state index in [9.17, 15) is 45.6 Å². The van der Waals surface area contributed by atoms with Crippen LogP contribution in [0, 0.1) is 0 Å². The fraction of sp³-hybridized carbons (Fsp3) is 0.648. The van der Waals surface area contributed by atoms with Crippen LogP contribution in [0.3, 0.4) is 0 Å². The van der Waals surface area contributed by atoms with Crippen molar-refractivity contribution in [3.05, 3.63) is 146 Å². The van der Waals surface area contributed by atoms with Gasteiger partial charge in [0, 0.05) is 6.42 Å². The van der Waals surface area contributed by atoms with Crippen molar-refractivity contribution in [2.45, 2.75) is 274 Å². The zero-order valence-electron chi connectivity index (χ0n) is 52.0. The summed E-state index contributed by atoms with van der Waals surface area (Å²) in [7, 11) is 0. The maximum absolute atomic E-state index is 13.3. The van der Waals surface area contributed by atoms with Gasteiger partial charge in [-0.15, -0.1) is 0 Å². The number of hydrogen-bond acceptors (Lipinski definition) is 13. The number of allylic oxidation sites excluding steroid dienone is 23. The molecule has 2 fully saturated rings. The average Bonchev–Trinajstić information content (AvgIpc) is 3.60. The molecule has 2 saturated heterocycles. The largest absolute Gasteiger partial charge is 0.394 e. The van der Waals surface area contributed by atoms with E-state index in [-0.39, 0.29) is 18.9 Å². The van der Waals surface area contributed by atoms with Crippen molar-refractivity contribution >= 4 is 5.91 Å². The Bertz CT molecular complexity index is 1980. The minimum absolute atomic E-state index is 0.257. The molecule has 0 aromatic carbocycles. The highest BCUT2D eigenvalue weighted by molar-refractivity contribution is 5.76. The number of unbranched alkanes of at least 4 members (excludes halogenated alkanes) is 15. The zero-order valence-corrected chi connectivity index (χ0v) is 52.0. The molecule has 85 heavy (non-hydrogen) atoms. The molecule has 1 amide bonds. The van der Waals surface area contributed by atoms with E-state index in [4.69, 9.17) is 18.9 Å². The van der Waals surface area contributed by atoms with Crippen molar-refractivity contribution in [1.29, 1.82) is 0 Å². The molecule has 2 rings (SSSR count). The van der Waals surface area contributed by atoms with Crippen LogP contribution in [-0.2, 0) is 23.7 Å². The lowest BCUT2D eigenvalue weighted by Crippen LogP contribution is -2.65. The summed E-state index contributed by atoms with van der Waals surface area (Å²) < 4.78 is 22.7. The summed E-state index contributed by atoms with van der Waals surface area (Å²) in [6.45, 7) is 2.58. The van der Waals surface area contributed by atoms with E-state index < -0.39 is 86.8 Å². The molecule has 14 nitrogen and oxygen atoms in total. The Morgan fingerprint density at radius 2 is 0.824 bits per heavy atom. The minimum atomic E-state index is -1.80. The monoisotopic (exact) mass is 1190 g/mol. The van der Waals surface area contributed by atoms with E-state index in [0.717, 1.165) is 109 Å². The Hall–Kier alpha value is -4.13. The Labute approximate surface area is 513 Å². The highest BCUT2D eigenvalue weighted by atomic mass is 16.7. The predicted octanol–water partition coefficient (Wildman–Crippen LogP) is 12.5. The van der Waals surface area contributed by atoms with Gasteiger partial charge in [0.15, 0.2) is 12.6 Å². The summed E-state index contributed by atoms with van der Waals surface area (Å²) in [5, 5.41) is 87.0. The van der Waals surface area contributed by atoms with Crippen LogP contribution in [-0.4, -0.2) is 140 Å². The Morgan fingerprint density at radius 1 is 0.435 bits per heavy atom. The van der Waals surface area contributed by atoms with Crippen LogP contribution >= 0.6 is 0 Å². The van der Waals surface area contributed by atoms with Crippen LogP contribution in [0.2, 0.25) is 0 Å². The van der Waals surface area contributed by atoms with Crippen molar-refractivity contribution in [3.63, 3.8) is 0 Å². The normalized spacial score (nSPS) is 24.5. The topological polar surface area (TPSA) is 228 Å². The number of carbonyl (C=O) groups excluding carboxylic acids is 1. The SMILES string of the molecule is CC/C=C\C/C=C\C/C=C\C/C=C\C/C=C\C/C=C\C/C=C\C/C=C\C/C=C\CCCCCCCCCCCCCC(=O)NC(COC1OC(CO)C(OC2OC(CO)C(O)C(O)C2O)C(O)C1O)C(O)/C=C/CC/C=C/CC/C=C/CCCC. The number of aliphatic hydroxyl groups excluding tert-OH is 8.